The van der Waals surface area contributed by atoms with Gasteiger partial charge in [0.15, 0.2) is 0 Å². The van der Waals surface area contributed by atoms with Crippen molar-refractivity contribution in [2.24, 2.45) is 0 Å². The van der Waals surface area contributed by atoms with Gasteiger partial charge < -0.3 is 14.6 Å². The molecule has 0 saturated heterocycles. The molecule has 2 aromatic rings. The molecule has 1 aliphatic rings. The summed E-state index contributed by atoms with van der Waals surface area (Å²) in [6.07, 6.45) is 0.242. The average molecular weight is 311 g/mol. The third-order valence-corrected chi connectivity index (χ3v) is 3.77. The van der Waals surface area contributed by atoms with Crippen molar-refractivity contribution >= 4 is 17.5 Å². The Morgan fingerprint density at radius 3 is 2.74 bits per heavy atom. The molecule has 0 fully saturated rings. The van der Waals surface area contributed by atoms with Gasteiger partial charge in [0.2, 0.25) is 0 Å². The number of aliphatic hydroxyl groups is 1. The van der Waals surface area contributed by atoms with E-state index in [2.05, 4.69) is 0 Å². The first-order valence-electron chi connectivity index (χ1n) is 7.19. The van der Waals surface area contributed by atoms with Crippen molar-refractivity contribution in [3.63, 3.8) is 0 Å². The molecule has 118 valence electrons. The fourth-order valence-corrected chi connectivity index (χ4v) is 2.48. The first-order chi connectivity index (χ1) is 11.1. The highest BCUT2D eigenvalue weighted by Crippen LogP contribution is 2.35. The minimum absolute atomic E-state index is 0.368. The van der Waals surface area contributed by atoms with E-state index < -0.39 is 12.2 Å². The van der Waals surface area contributed by atoms with E-state index in [4.69, 9.17) is 9.47 Å². The van der Waals surface area contributed by atoms with E-state index in [0.29, 0.717) is 17.2 Å². The van der Waals surface area contributed by atoms with Gasteiger partial charge in [-0.05, 0) is 23.8 Å². The van der Waals surface area contributed by atoms with Gasteiger partial charge in [0.05, 0.1) is 12.8 Å². The number of anilines is 1. The van der Waals surface area contributed by atoms with Crippen LogP contribution in [0.15, 0.2) is 54.6 Å². The van der Waals surface area contributed by atoms with Crippen molar-refractivity contribution in [2.45, 2.75) is 6.10 Å². The Hall–Kier alpha value is -2.79. The Morgan fingerprint density at radius 2 is 1.96 bits per heavy atom. The smallest absolute Gasteiger partial charge is 0.419 e. The van der Waals surface area contributed by atoms with Gasteiger partial charge in [-0.15, -0.1) is 0 Å². The Kier molecular flexibility index (Phi) is 4.04. The molecule has 0 spiro atoms. The predicted octanol–water partition coefficient (Wildman–Crippen LogP) is 3.36. The third-order valence-electron chi connectivity index (χ3n) is 3.77. The molecule has 1 unspecified atom stereocenters. The SMILES string of the molecule is COc1cccc(N(C)C(=O)OC2=CC(O)c3ccccc32)c1. The average Bonchev–Trinajstić information content (AvgIpc) is 2.90. The molecule has 5 heteroatoms. The molecule has 0 radical (unpaired) electrons. The van der Waals surface area contributed by atoms with Crippen LogP contribution in [0.2, 0.25) is 0 Å². The molecule has 0 aliphatic heterocycles. The number of hydrogen-bond acceptors (Lipinski definition) is 4. The maximum Gasteiger partial charge on any atom is 0.419 e. The maximum absolute atomic E-state index is 12.4. The standard InChI is InChI=1S/C18H17NO4/c1-19(12-6-5-7-13(10-12)22-2)18(21)23-17-11-16(20)14-8-3-4-9-15(14)17/h3-11,16,20H,1-2H3. The van der Waals surface area contributed by atoms with E-state index in [1.807, 2.05) is 24.3 Å². The van der Waals surface area contributed by atoms with Crippen LogP contribution in [0.5, 0.6) is 5.75 Å². The van der Waals surface area contributed by atoms with Crippen molar-refractivity contribution in [2.75, 3.05) is 19.1 Å². The number of ether oxygens (including phenoxy) is 2. The van der Waals surface area contributed by atoms with E-state index in [9.17, 15) is 9.90 Å². The summed E-state index contributed by atoms with van der Waals surface area (Å²) in [7, 11) is 3.19. The maximum atomic E-state index is 12.4. The Labute approximate surface area is 134 Å². The van der Waals surface area contributed by atoms with E-state index in [-0.39, 0.29) is 0 Å². The first kappa shape index (κ1) is 15.1. The number of fused-ring (bicyclic) bond motifs is 1. The van der Waals surface area contributed by atoms with Gasteiger partial charge in [0, 0.05) is 18.7 Å². The van der Waals surface area contributed by atoms with Crippen molar-refractivity contribution in [1.82, 2.24) is 0 Å². The number of rotatable bonds is 3. The summed E-state index contributed by atoms with van der Waals surface area (Å²) >= 11 is 0. The highest BCUT2D eigenvalue weighted by Gasteiger charge is 2.25. The van der Waals surface area contributed by atoms with Crippen LogP contribution in [-0.2, 0) is 4.74 Å². The summed E-state index contributed by atoms with van der Waals surface area (Å²) in [6, 6.07) is 14.4. The van der Waals surface area contributed by atoms with Crippen LogP contribution < -0.4 is 9.64 Å². The van der Waals surface area contributed by atoms with E-state index >= 15 is 0 Å². The molecule has 0 bridgehead atoms. The summed E-state index contributed by atoms with van der Waals surface area (Å²) in [6.45, 7) is 0. The molecule has 1 aliphatic carbocycles. The predicted molar refractivity (Wildman–Crippen MR) is 87.3 cm³/mol. The fourth-order valence-electron chi connectivity index (χ4n) is 2.48. The van der Waals surface area contributed by atoms with Gasteiger partial charge >= 0.3 is 6.09 Å². The van der Waals surface area contributed by atoms with Crippen molar-refractivity contribution < 1.29 is 19.4 Å². The number of aliphatic hydroxyl groups excluding tert-OH is 1. The van der Waals surface area contributed by atoms with Crippen molar-refractivity contribution in [3.8, 4) is 5.75 Å². The minimum Gasteiger partial charge on any atom is -0.497 e. The van der Waals surface area contributed by atoms with Crippen molar-refractivity contribution in [1.29, 1.82) is 0 Å². The highest BCUT2D eigenvalue weighted by molar-refractivity contribution is 5.91. The molecule has 1 amide bonds. The number of nitrogens with zero attached hydrogens (tertiary/aromatic N) is 1. The first-order valence-corrected chi connectivity index (χ1v) is 7.19. The summed E-state index contributed by atoms with van der Waals surface area (Å²) in [4.78, 5) is 13.7. The lowest BCUT2D eigenvalue weighted by molar-refractivity contribution is 0.200. The Bertz CT molecular complexity index is 769. The van der Waals surface area contributed by atoms with Crippen LogP contribution in [0, 0.1) is 0 Å². The normalized spacial score (nSPS) is 15.6. The number of benzene rings is 2. The number of amides is 1. The zero-order valence-corrected chi connectivity index (χ0v) is 12.9. The molecule has 1 atom stereocenters. The zero-order chi connectivity index (χ0) is 16.4. The van der Waals surface area contributed by atoms with Crippen LogP contribution in [-0.4, -0.2) is 25.4 Å². The molecule has 3 rings (SSSR count). The minimum atomic E-state index is -0.754. The lowest BCUT2D eigenvalue weighted by Crippen LogP contribution is -2.26. The van der Waals surface area contributed by atoms with Gasteiger partial charge in [-0.2, -0.15) is 0 Å². The Morgan fingerprint density at radius 1 is 1.17 bits per heavy atom. The second-order valence-corrected chi connectivity index (χ2v) is 5.19. The third kappa shape index (κ3) is 2.91. The largest absolute Gasteiger partial charge is 0.497 e. The molecular formula is C18H17NO4. The number of hydrogen-bond donors (Lipinski definition) is 1. The summed E-state index contributed by atoms with van der Waals surface area (Å²) < 4.78 is 10.6. The van der Waals surface area contributed by atoms with Gasteiger partial charge in [0.25, 0.3) is 0 Å². The lowest BCUT2D eigenvalue weighted by atomic mass is 10.1. The highest BCUT2D eigenvalue weighted by atomic mass is 16.6. The van der Waals surface area contributed by atoms with Crippen LogP contribution >= 0.6 is 0 Å². The molecule has 0 heterocycles. The van der Waals surface area contributed by atoms with Crippen LogP contribution in [0.1, 0.15) is 17.2 Å². The molecule has 1 N–H and O–H groups in total. The molecule has 23 heavy (non-hydrogen) atoms. The topological polar surface area (TPSA) is 59.0 Å². The summed E-state index contributed by atoms with van der Waals surface area (Å²) in [5.74, 6) is 1.02. The fraction of sp³-hybridized carbons (Fsp3) is 0.167. The second kappa shape index (κ2) is 6.14. The molecular weight excluding hydrogens is 294 g/mol. The molecule has 0 saturated carbocycles. The second-order valence-electron chi connectivity index (χ2n) is 5.19. The molecule has 2 aromatic carbocycles. The van der Waals surface area contributed by atoms with E-state index in [0.717, 1.165) is 11.1 Å². The van der Waals surface area contributed by atoms with Crippen LogP contribution in [0.3, 0.4) is 0 Å². The molecule has 0 aromatic heterocycles. The number of carbonyl (C=O) groups is 1. The van der Waals surface area contributed by atoms with Gasteiger partial charge in [0.1, 0.15) is 17.6 Å². The molecule has 5 nitrogen and oxygen atoms in total. The van der Waals surface area contributed by atoms with Crippen molar-refractivity contribution in [3.05, 3.63) is 65.7 Å². The monoisotopic (exact) mass is 311 g/mol. The van der Waals surface area contributed by atoms with E-state index in [1.54, 1.807) is 38.4 Å². The quantitative estimate of drug-likeness (QED) is 0.944. The zero-order valence-electron chi connectivity index (χ0n) is 12.9. The summed E-state index contributed by atoms with van der Waals surface area (Å²) in [5, 5.41) is 9.99. The lowest BCUT2D eigenvalue weighted by Gasteiger charge is -2.18. The number of carbonyl (C=O) groups excluding carboxylic acids is 1. The van der Waals surface area contributed by atoms with E-state index in [1.165, 1.54) is 11.0 Å². The van der Waals surface area contributed by atoms with Crippen LogP contribution in [0.25, 0.3) is 5.76 Å². The van der Waals surface area contributed by atoms with Gasteiger partial charge in [-0.1, -0.05) is 30.3 Å². The van der Waals surface area contributed by atoms with Crippen LogP contribution in [0.4, 0.5) is 10.5 Å². The van der Waals surface area contributed by atoms with Gasteiger partial charge in [-0.3, -0.25) is 4.90 Å². The summed E-state index contributed by atoms with van der Waals surface area (Å²) in [5.41, 5.74) is 2.12. The number of methoxy groups -OCH3 is 1. The van der Waals surface area contributed by atoms with Gasteiger partial charge in [-0.25, -0.2) is 4.79 Å². The Balaban J connectivity index is 1.78.